The van der Waals surface area contributed by atoms with Crippen molar-refractivity contribution in [2.24, 2.45) is 0 Å². The average Bonchev–Trinajstić information content (AvgIpc) is 3.17. The van der Waals surface area contributed by atoms with Gasteiger partial charge >= 0.3 is 0 Å². The molecule has 4 rings (SSSR count). The second-order valence-corrected chi connectivity index (χ2v) is 7.74. The van der Waals surface area contributed by atoms with Gasteiger partial charge in [-0.2, -0.15) is 8.78 Å². The summed E-state index contributed by atoms with van der Waals surface area (Å²) in [5, 5.41) is 3.04. The van der Waals surface area contributed by atoms with E-state index in [2.05, 4.69) is 15.0 Å². The van der Waals surface area contributed by atoms with Crippen LogP contribution in [0.25, 0.3) is 20.8 Å². The maximum atomic E-state index is 14.2. The molecule has 0 unspecified atom stereocenters. The number of methoxy groups -OCH3 is 1. The van der Waals surface area contributed by atoms with Gasteiger partial charge < -0.3 is 10.1 Å². The second kappa shape index (κ2) is 8.16. The molecule has 0 aliphatic heterocycles. The summed E-state index contributed by atoms with van der Waals surface area (Å²) in [6, 6.07) is 11.8. The molecule has 4 aromatic rings. The Labute approximate surface area is 182 Å². The van der Waals surface area contributed by atoms with Gasteiger partial charge in [0.1, 0.15) is 10.6 Å². The zero-order valence-corrected chi connectivity index (χ0v) is 17.2. The Morgan fingerprint density at radius 1 is 1.03 bits per heavy atom. The van der Waals surface area contributed by atoms with Crippen LogP contribution in [0.2, 0.25) is 5.02 Å². The molecule has 1 N–H and O–H groups in total. The highest BCUT2D eigenvalue weighted by molar-refractivity contribution is 7.21. The second-order valence-electron chi connectivity index (χ2n) is 6.30. The summed E-state index contributed by atoms with van der Waals surface area (Å²) in [6.07, 6.45) is 0. The Balaban J connectivity index is 1.65. The average molecular weight is 467 g/mol. The van der Waals surface area contributed by atoms with Crippen LogP contribution in [-0.2, 0) is 0 Å². The van der Waals surface area contributed by atoms with E-state index in [9.17, 15) is 22.4 Å². The number of halogens is 5. The number of anilines is 1. The van der Waals surface area contributed by atoms with E-state index in [-0.39, 0.29) is 10.7 Å². The number of para-hydroxylation sites is 1. The van der Waals surface area contributed by atoms with Crippen LogP contribution >= 0.6 is 22.9 Å². The van der Waals surface area contributed by atoms with Crippen LogP contribution in [0.15, 0.2) is 42.5 Å². The predicted octanol–water partition coefficient (Wildman–Crippen LogP) is 6.43. The van der Waals surface area contributed by atoms with Gasteiger partial charge in [-0.05, 0) is 30.3 Å². The molecular formula is C21H11ClF4N2O2S. The van der Waals surface area contributed by atoms with Gasteiger partial charge in [-0.25, -0.2) is 13.8 Å². The number of nitrogens with one attached hydrogen (secondary N) is 1. The van der Waals surface area contributed by atoms with E-state index < -0.39 is 40.5 Å². The summed E-state index contributed by atoms with van der Waals surface area (Å²) in [7, 11) is 0.842. The summed E-state index contributed by atoms with van der Waals surface area (Å²) >= 11 is 7.72. The van der Waals surface area contributed by atoms with E-state index in [0.29, 0.717) is 10.6 Å². The predicted molar refractivity (Wildman–Crippen MR) is 111 cm³/mol. The molecule has 10 heteroatoms. The quantitative estimate of drug-likeness (QED) is 0.278. The molecule has 0 fully saturated rings. The Bertz CT molecular complexity index is 1280. The minimum atomic E-state index is -1.87. The fourth-order valence-electron chi connectivity index (χ4n) is 2.94. The molecule has 0 saturated heterocycles. The van der Waals surface area contributed by atoms with Gasteiger partial charge in [0.25, 0.3) is 5.91 Å². The number of rotatable bonds is 4. The fraction of sp³-hybridized carbons (Fsp3) is 0.0476. The molecule has 0 radical (unpaired) electrons. The summed E-state index contributed by atoms with van der Waals surface area (Å²) in [5.74, 6) is -10.0. The van der Waals surface area contributed by atoms with Gasteiger partial charge in [-0.1, -0.05) is 23.7 Å². The van der Waals surface area contributed by atoms with Crippen molar-refractivity contribution in [3.8, 4) is 16.3 Å². The summed E-state index contributed by atoms with van der Waals surface area (Å²) in [5.41, 5.74) is 0.0303. The Hall–Kier alpha value is -3.17. The standard InChI is InChI=1S/C21H11ClF4N2O2S/c1-30-19-17(25)15(23)14(16(24)18(19)26)20(29)27-9-6-7-10(11(22)8-9)21-28-12-4-2-3-5-13(12)31-21/h2-8H,1H3,(H,27,29). The molecule has 1 aromatic heterocycles. The fourth-order valence-corrected chi connectivity index (χ4v) is 4.27. The highest BCUT2D eigenvalue weighted by Crippen LogP contribution is 2.36. The lowest BCUT2D eigenvalue weighted by atomic mass is 10.1. The number of benzene rings is 3. The number of amides is 1. The minimum absolute atomic E-state index is 0.0651. The lowest BCUT2D eigenvalue weighted by Crippen LogP contribution is -2.18. The van der Waals surface area contributed by atoms with Gasteiger partial charge in [-0.3, -0.25) is 4.79 Å². The van der Waals surface area contributed by atoms with Crippen molar-refractivity contribution >= 4 is 44.7 Å². The van der Waals surface area contributed by atoms with Crippen molar-refractivity contribution in [2.45, 2.75) is 0 Å². The monoisotopic (exact) mass is 466 g/mol. The number of carbonyl (C=O) groups is 1. The largest absolute Gasteiger partial charge is 0.491 e. The molecule has 0 spiro atoms. The van der Waals surface area contributed by atoms with Crippen molar-refractivity contribution in [2.75, 3.05) is 12.4 Å². The summed E-state index contributed by atoms with van der Waals surface area (Å²) in [4.78, 5) is 16.8. The molecule has 0 aliphatic rings. The van der Waals surface area contributed by atoms with Crippen LogP contribution in [0.4, 0.5) is 23.2 Å². The molecule has 0 aliphatic carbocycles. The number of hydrogen-bond acceptors (Lipinski definition) is 4. The molecule has 0 atom stereocenters. The maximum Gasteiger partial charge on any atom is 0.261 e. The number of thiazole rings is 1. The van der Waals surface area contributed by atoms with E-state index in [1.54, 1.807) is 6.07 Å². The van der Waals surface area contributed by atoms with Crippen molar-refractivity contribution < 1.29 is 27.1 Å². The van der Waals surface area contributed by atoms with E-state index in [0.717, 1.165) is 17.3 Å². The molecule has 3 aromatic carbocycles. The van der Waals surface area contributed by atoms with Gasteiger partial charge in [0.15, 0.2) is 17.4 Å². The van der Waals surface area contributed by atoms with Gasteiger partial charge in [-0.15, -0.1) is 11.3 Å². The van der Waals surface area contributed by atoms with Crippen LogP contribution in [0.5, 0.6) is 5.75 Å². The molecule has 4 nitrogen and oxygen atoms in total. The molecule has 31 heavy (non-hydrogen) atoms. The topological polar surface area (TPSA) is 51.2 Å². The number of hydrogen-bond donors (Lipinski definition) is 1. The Morgan fingerprint density at radius 3 is 2.32 bits per heavy atom. The van der Waals surface area contributed by atoms with Crippen LogP contribution in [0.1, 0.15) is 10.4 Å². The Morgan fingerprint density at radius 2 is 1.71 bits per heavy atom. The molecule has 1 amide bonds. The molecule has 0 bridgehead atoms. The number of carbonyl (C=O) groups excluding carboxylic acids is 1. The smallest absolute Gasteiger partial charge is 0.261 e. The third-order valence-corrected chi connectivity index (χ3v) is 5.79. The maximum absolute atomic E-state index is 14.2. The number of aromatic nitrogens is 1. The van der Waals surface area contributed by atoms with E-state index in [1.807, 2.05) is 24.3 Å². The molecule has 0 saturated carbocycles. The minimum Gasteiger partial charge on any atom is -0.491 e. The number of ether oxygens (including phenoxy) is 1. The molecular weight excluding hydrogens is 456 g/mol. The van der Waals surface area contributed by atoms with Crippen molar-refractivity contribution in [3.05, 3.63) is 76.3 Å². The first-order valence-electron chi connectivity index (χ1n) is 8.68. The highest BCUT2D eigenvalue weighted by atomic mass is 35.5. The molecule has 158 valence electrons. The summed E-state index contributed by atoms with van der Waals surface area (Å²) < 4.78 is 61.3. The van der Waals surface area contributed by atoms with E-state index in [1.165, 1.54) is 23.5 Å². The first-order chi connectivity index (χ1) is 14.8. The van der Waals surface area contributed by atoms with Crippen LogP contribution in [0, 0.1) is 23.3 Å². The van der Waals surface area contributed by atoms with Crippen molar-refractivity contribution in [1.82, 2.24) is 4.98 Å². The first-order valence-corrected chi connectivity index (χ1v) is 9.88. The third kappa shape index (κ3) is 3.70. The lowest BCUT2D eigenvalue weighted by molar-refractivity contribution is 0.101. The molecule has 1 heterocycles. The zero-order chi connectivity index (χ0) is 22.3. The zero-order valence-electron chi connectivity index (χ0n) is 15.6. The summed E-state index contributed by atoms with van der Waals surface area (Å²) in [6.45, 7) is 0. The first kappa shape index (κ1) is 21.1. The van der Waals surface area contributed by atoms with Crippen LogP contribution in [-0.4, -0.2) is 18.0 Å². The van der Waals surface area contributed by atoms with Crippen LogP contribution in [0.3, 0.4) is 0 Å². The van der Waals surface area contributed by atoms with Gasteiger partial charge in [0, 0.05) is 11.3 Å². The SMILES string of the molecule is COc1c(F)c(F)c(C(=O)Nc2ccc(-c3nc4ccccc4s3)c(Cl)c2)c(F)c1F. The number of nitrogens with zero attached hydrogens (tertiary/aromatic N) is 1. The number of fused-ring (bicyclic) bond motifs is 1. The van der Waals surface area contributed by atoms with Gasteiger partial charge in [0.05, 0.1) is 22.3 Å². The van der Waals surface area contributed by atoms with E-state index in [4.69, 9.17) is 11.6 Å². The normalized spacial score (nSPS) is 11.0. The third-order valence-electron chi connectivity index (χ3n) is 4.41. The van der Waals surface area contributed by atoms with Crippen LogP contribution < -0.4 is 10.1 Å². The lowest BCUT2D eigenvalue weighted by Gasteiger charge is -2.12. The van der Waals surface area contributed by atoms with Crippen molar-refractivity contribution in [3.63, 3.8) is 0 Å². The van der Waals surface area contributed by atoms with Gasteiger partial charge in [0.2, 0.25) is 11.6 Å². The van der Waals surface area contributed by atoms with E-state index >= 15 is 0 Å². The highest BCUT2D eigenvalue weighted by Gasteiger charge is 2.30. The van der Waals surface area contributed by atoms with Crippen molar-refractivity contribution in [1.29, 1.82) is 0 Å². The Kier molecular flexibility index (Phi) is 5.55.